The Labute approximate surface area is 208 Å². The first-order chi connectivity index (χ1) is 17.3. The summed E-state index contributed by atoms with van der Waals surface area (Å²) in [5, 5.41) is 3.41. The second-order valence-electron chi connectivity index (χ2n) is 8.68. The maximum atomic E-state index is 13.0. The van der Waals surface area contributed by atoms with Crippen molar-refractivity contribution in [3.05, 3.63) is 101 Å². The minimum atomic E-state index is -1.14. The number of imide groups is 1. The number of carbonyl (C=O) groups excluding carboxylic acids is 4. The number of ether oxygens (including phenoxy) is 1. The van der Waals surface area contributed by atoms with Crippen LogP contribution in [0.15, 0.2) is 78.9 Å². The van der Waals surface area contributed by atoms with E-state index in [1.807, 2.05) is 30.3 Å². The highest BCUT2D eigenvalue weighted by atomic mass is 16.5. The van der Waals surface area contributed by atoms with Gasteiger partial charge in [-0.3, -0.25) is 19.8 Å². The molecule has 1 aliphatic heterocycles. The first-order valence-corrected chi connectivity index (χ1v) is 11.4. The van der Waals surface area contributed by atoms with Crippen molar-refractivity contribution in [1.29, 1.82) is 0 Å². The summed E-state index contributed by atoms with van der Waals surface area (Å²) < 4.78 is 5.72. The normalized spacial score (nSPS) is 17.0. The van der Waals surface area contributed by atoms with Crippen molar-refractivity contribution in [2.24, 2.45) is 5.73 Å². The summed E-state index contributed by atoms with van der Waals surface area (Å²) in [6.07, 6.45) is 0.972. The van der Waals surface area contributed by atoms with E-state index in [-0.39, 0.29) is 17.7 Å². The number of aryl methyl sites for hydroxylation is 1. The van der Waals surface area contributed by atoms with Gasteiger partial charge in [0, 0.05) is 5.56 Å². The molecule has 0 saturated carbocycles. The van der Waals surface area contributed by atoms with Crippen LogP contribution in [-0.2, 0) is 17.8 Å². The monoisotopic (exact) mass is 486 g/mol. The standard InChI is InChI=1S/C27H26N4O5/c1-27(15-14-18-8-3-2-4-9-18)25(34)31(26(35)29-27)30-24(33)20-11-7-10-19(16-20)17-36-22-13-6-5-12-21(22)23(28)32/h2-13,16H,14-15,17H2,1H3,(H2,28,32)(H,29,35)(H,30,33). The number of urea groups is 1. The number of nitrogens with zero attached hydrogens (tertiary/aromatic N) is 1. The first kappa shape index (κ1) is 24.5. The average Bonchev–Trinajstić information content (AvgIpc) is 3.10. The molecule has 9 nitrogen and oxygen atoms in total. The molecule has 1 heterocycles. The highest BCUT2D eigenvalue weighted by molar-refractivity contribution is 6.09. The molecule has 3 aromatic rings. The van der Waals surface area contributed by atoms with Crippen LogP contribution in [-0.4, -0.2) is 34.3 Å². The molecule has 0 aliphatic carbocycles. The number of nitrogens with one attached hydrogen (secondary N) is 2. The van der Waals surface area contributed by atoms with Crippen LogP contribution >= 0.6 is 0 Å². The van der Waals surface area contributed by atoms with Gasteiger partial charge in [0.25, 0.3) is 17.7 Å². The van der Waals surface area contributed by atoms with E-state index in [1.54, 1.807) is 55.5 Å². The fraction of sp³-hybridized carbons (Fsp3) is 0.185. The average molecular weight is 487 g/mol. The largest absolute Gasteiger partial charge is 0.488 e. The van der Waals surface area contributed by atoms with Crippen molar-refractivity contribution in [3.8, 4) is 5.75 Å². The molecule has 0 radical (unpaired) electrons. The van der Waals surface area contributed by atoms with E-state index in [9.17, 15) is 19.2 Å². The Morgan fingerprint density at radius 2 is 1.67 bits per heavy atom. The zero-order valence-electron chi connectivity index (χ0n) is 19.7. The van der Waals surface area contributed by atoms with Crippen molar-refractivity contribution in [3.63, 3.8) is 0 Å². The Hall–Kier alpha value is -4.66. The molecule has 1 fully saturated rings. The molecule has 4 rings (SSSR count). The van der Waals surface area contributed by atoms with Gasteiger partial charge in [-0.15, -0.1) is 0 Å². The van der Waals surface area contributed by atoms with Gasteiger partial charge in [-0.05, 0) is 55.2 Å². The van der Waals surface area contributed by atoms with Crippen LogP contribution in [0.25, 0.3) is 0 Å². The number of benzene rings is 3. The number of hydrogen-bond donors (Lipinski definition) is 3. The summed E-state index contributed by atoms with van der Waals surface area (Å²) >= 11 is 0. The minimum absolute atomic E-state index is 0.0755. The summed E-state index contributed by atoms with van der Waals surface area (Å²) in [5.41, 5.74) is 8.82. The molecule has 0 bridgehead atoms. The van der Waals surface area contributed by atoms with Crippen LogP contribution in [0.1, 0.15) is 45.2 Å². The zero-order valence-corrected chi connectivity index (χ0v) is 19.7. The lowest BCUT2D eigenvalue weighted by Gasteiger charge is -2.21. The number of nitrogens with two attached hydrogens (primary N) is 1. The quantitative estimate of drug-likeness (QED) is 0.400. The Kier molecular flexibility index (Phi) is 7.00. The molecule has 0 spiro atoms. The van der Waals surface area contributed by atoms with Crippen molar-refractivity contribution < 1.29 is 23.9 Å². The number of amides is 5. The second kappa shape index (κ2) is 10.3. The molecular weight excluding hydrogens is 460 g/mol. The van der Waals surface area contributed by atoms with Gasteiger partial charge in [0.2, 0.25) is 0 Å². The molecule has 1 saturated heterocycles. The Morgan fingerprint density at radius 3 is 2.42 bits per heavy atom. The first-order valence-electron chi connectivity index (χ1n) is 11.4. The van der Waals surface area contributed by atoms with Crippen LogP contribution < -0.4 is 21.2 Å². The highest BCUT2D eigenvalue weighted by Crippen LogP contribution is 2.23. The lowest BCUT2D eigenvalue weighted by molar-refractivity contribution is -0.132. The second-order valence-corrected chi connectivity index (χ2v) is 8.68. The summed E-state index contributed by atoms with van der Waals surface area (Å²) in [6, 6.07) is 22.1. The summed E-state index contributed by atoms with van der Waals surface area (Å²) in [6.45, 7) is 1.72. The maximum Gasteiger partial charge on any atom is 0.344 e. The molecule has 36 heavy (non-hydrogen) atoms. The third kappa shape index (κ3) is 5.35. The maximum absolute atomic E-state index is 13.0. The topological polar surface area (TPSA) is 131 Å². The lowest BCUT2D eigenvalue weighted by Crippen LogP contribution is -2.49. The van der Waals surface area contributed by atoms with Gasteiger partial charge in [-0.2, -0.15) is 5.01 Å². The van der Waals surface area contributed by atoms with Crippen LogP contribution in [0.4, 0.5) is 4.79 Å². The predicted octanol–water partition coefficient (Wildman–Crippen LogP) is 2.95. The number of para-hydroxylation sites is 1. The smallest absolute Gasteiger partial charge is 0.344 e. The summed E-state index contributed by atoms with van der Waals surface area (Å²) in [5.74, 6) is -1.43. The Bertz CT molecular complexity index is 1310. The molecular formula is C27H26N4O5. The molecule has 4 N–H and O–H groups in total. The molecule has 1 atom stereocenters. The van der Waals surface area contributed by atoms with Crippen LogP contribution in [0.2, 0.25) is 0 Å². The van der Waals surface area contributed by atoms with E-state index >= 15 is 0 Å². The summed E-state index contributed by atoms with van der Waals surface area (Å²) in [4.78, 5) is 50.0. The molecule has 3 aromatic carbocycles. The molecule has 5 amide bonds. The van der Waals surface area contributed by atoms with E-state index in [1.165, 1.54) is 0 Å². The van der Waals surface area contributed by atoms with Crippen LogP contribution in [0, 0.1) is 0 Å². The number of primary amides is 1. The van der Waals surface area contributed by atoms with Crippen LogP contribution in [0.5, 0.6) is 5.75 Å². The number of hydrazine groups is 1. The van der Waals surface area contributed by atoms with E-state index in [0.717, 1.165) is 10.6 Å². The van der Waals surface area contributed by atoms with Gasteiger partial charge in [0.15, 0.2) is 0 Å². The molecule has 1 unspecified atom stereocenters. The lowest BCUT2D eigenvalue weighted by atomic mass is 9.93. The van der Waals surface area contributed by atoms with Gasteiger partial charge >= 0.3 is 6.03 Å². The fourth-order valence-electron chi connectivity index (χ4n) is 3.92. The van der Waals surface area contributed by atoms with Gasteiger partial charge in [-0.1, -0.05) is 54.6 Å². The number of rotatable bonds is 9. The molecule has 9 heteroatoms. The zero-order chi connectivity index (χ0) is 25.7. The molecule has 0 aromatic heterocycles. The van der Waals surface area contributed by atoms with Gasteiger partial charge in [-0.25, -0.2) is 4.79 Å². The number of hydrogen-bond acceptors (Lipinski definition) is 5. The highest BCUT2D eigenvalue weighted by Gasteiger charge is 2.48. The van der Waals surface area contributed by atoms with Gasteiger partial charge in [0.1, 0.15) is 17.9 Å². The van der Waals surface area contributed by atoms with E-state index in [0.29, 0.717) is 24.2 Å². The third-order valence-corrected chi connectivity index (χ3v) is 5.97. The van der Waals surface area contributed by atoms with Gasteiger partial charge in [0.05, 0.1) is 5.56 Å². The molecule has 184 valence electrons. The van der Waals surface area contributed by atoms with Crippen LogP contribution in [0.3, 0.4) is 0 Å². The molecule has 1 aliphatic rings. The van der Waals surface area contributed by atoms with E-state index in [2.05, 4.69) is 10.7 Å². The van der Waals surface area contributed by atoms with E-state index in [4.69, 9.17) is 10.5 Å². The van der Waals surface area contributed by atoms with E-state index < -0.39 is 29.3 Å². The Morgan fingerprint density at radius 1 is 0.972 bits per heavy atom. The minimum Gasteiger partial charge on any atom is -0.488 e. The number of carbonyl (C=O) groups is 4. The van der Waals surface area contributed by atoms with Crippen molar-refractivity contribution in [2.45, 2.75) is 31.9 Å². The predicted molar refractivity (Wildman–Crippen MR) is 132 cm³/mol. The third-order valence-electron chi connectivity index (χ3n) is 5.97. The fourth-order valence-corrected chi connectivity index (χ4v) is 3.92. The Balaban J connectivity index is 1.40. The van der Waals surface area contributed by atoms with Crippen molar-refractivity contribution >= 4 is 23.8 Å². The summed E-state index contributed by atoms with van der Waals surface area (Å²) in [7, 11) is 0. The van der Waals surface area contributed by atoms with Crippen molar-refractivity contribution in [1.82, 2.24) is 15.8 Å². The SMILES string of the molecule is CC1(CCc2ccccc2)NC(=O)N(NC(=O)c2cccc(COc3ccccc3C(N)=O)c2)C1=O. The van der Waals surface area contributed by atoms with Crippen molar-refractivity contribution in [2.75, 3.05) is 0 Å². The van der Waals surface area contributed by atoms with Gasteiger partial charge < -0.3 is 15.8 Å².